The zero-order valence-electron chi connectivity index (χ0n) is 27.6. The summed E-state index contributed by atoms with van der Waals surface area (Å²) in [5.41, 5.74) is 12.4. The molecular weight excluding hydrogens is 623 g/mol. The van der Waals surface area contributed by atoms with E-state index >= 15 is 0 Å². The predicted octanol–water partition coefficient (Wildman–Crippen LogP) is 11.2. The van der Waals surface area contributed by atoms with Crippen molar-refractivity contribution in [2.45, 2.75) is 0 Å². The lowest BCUT2D eigenvalue weighted by atomic mass is 9.99. The maximum absolute atomic E-state index is 5.04. The first-order valence-electron chi connectivity index (χ1n) is 17.0. The number of hydrogen-bond acceptors (Lipinski definition) is 4. The Bertz CT molecular complexity index is 2600. The van der Waals surface area contributed by atoms with E-state index in [4.69, 9.17) is 19.9 Å². The van der Waals surface area contributed by atoms with Crippen LogP contribution in [0.25, 0.3) is 84.6 Å². The summed E-state index contributed by atoms with van der Waals surface area (Å²) in [6.07, 6.45) is 2.07. The number of rotatable bonds is 7. The van der Waals surface area contributed by atoms with E-state index in [1.807, 2.05) is 60.7 Å². The standard InChI is InChI=1S/C46H31N5/c1-4-13-32(14-5-1)33-24-28-38(29-25-33)45-48-44(37-17-8-3-9-18-37)49-46(50-45)40-20-12-19-39(31-40)34-22-26-35(27-23-34)42-43(36-15-6-2-7-16-36)51-30-11-10-21-41(51)47-42/h1-31H. The molecule has 0 fully saturated rings. The van der Waals surface area contributed by atoms with Crippen molar-refractivity contribution < 1.29 is 0 Å². The summed E-state index contributed by atoms with van der Waals surface area (Å²) in [5.74, 6) is 1.90. The molecule has 0 aliphatic carbocycles. The lowest BCUT2D eigenvalue weighted by molar-refractivity contribution is 1.07. The van der Waals surface area contributed by atoms with Crippen molar-refractivity contribution in [2.24, 2.45) is 0 Å². The van der Waals surface area contributed by atoms with Gasteiger partial charge in [0.05, 0.1) is 11.4 Å². The van der Waals surface area contributed by atoms with E-state index in [2.05, 4.69) is 132 Å². The van der Waals surface area contributed by atoms with E-state index in [9.17, 15) is 0 Å². The molecule has 6 aromatic carbocycles. The number of imidazole rings is 1. The first-order valence-corrected chi connectivity index (χ1v) is 17.0. The Balaban J connectivity index is 1.08. The molecule has 0 radical (unpaired) electrons. The highest BCUT2D eigenvalue weighted by Crippen LogP contribution is 2.35. The van der Waals surface area contributed by atoms with Crippen LogP contribution in [0.5, 0.6) is 0 Å². The van der Waals surface area contributed by atoms with Gasteiger partial charge in [-0.2, -0.15) is 0 Å². The average Bonchev–Trinajstić information content (AvgIpc) is 3.62. The Hall–Kier alpha value is -6.98. The fourth-order valence-electron chi connectivity index (χ4n) is 6.52. The van der Waals surface area contributed by atoms with E-state index in [-0.39, 0.29) is 0 Å². The predicted molar refractivity (Wildman–Crippen MR) is 207 cm³/mol. The highest BCUT2D eigenvalue weighted by Gasteiger charge is 2.17. The van der Waals surface area contributed by atoms with Gasteiger partial charge in [-0.15, -0.1) is 0 Å². The molecular formula is C46H31N5. The highest BCUT2D eigenvalue weighted by molar-refractivity contribution is 5.83. The van der Waals surface area contributed by atoms with Crippen molar-refractivity contribution in [2.75, 3.05) is 0 Å². The summed E-state index contributed by atoms with van der Waals surface area (Å²) in [7, 11) is 0. The van der Waals surface area contributed by atoms with Crippen LogP contribution in [0.4, 0.5) is 0 Å². The van der Waals surface area contributed by atoms with Crippen LogP contribution >= 0.6 is 0 Å². The zero-order valence-corrected chi connectivity index (χ0v) is 27.6. The lowest BCUT2D eigenvalue weighted by Gasteiger charge is -2.10. The van der Waals surface area contributed by atoms with Crippen LogP contribution in [0.3, 0.4) is 0 Å². The van der Waals surface area contributed by atoms with Gasteiger partial charge in [0.1, 0.15) is 5.65 Å². The number of benzene rings is 6. The molecule has 0 N–H and O–H groups in total. The molecule has 0 saturated heterocycles. The van der Waals surface area contributed by atoms with Crippen LogP contribution in [-0.4, -0.2) is 24.3 Å². The average molecular weight is 654 g/mol. The zero-order chi connectivity index (χ0) is 34.0. The van der Waals surface area contributed by atoms with Crippen molar-refractivity contribution in [1.29, 1.82) is 0 Å². The SMILES string of the molecule is c1ccc(-c2ccc(-c3nc(-c4ccccc4)nc(-c4cccc(-c5ccc(-c6nc7ccccn7c6-c6ccccc6)cc5)c4)n3)cc2)cc1. The Labute approximate surface area is 296 Å². The van der Waals surface area contributed by atoms with Gasteiger partial charge in [-0.3, -0.25) is 4.40 Å². The fraction of sp³-hybridized carbons (Fsp3) is 0. The Morgan fingerprint density at radius 3 is 1.37 bits per heavy atom. The minimum absolute atomic E-state index is 0.627. The molecule has 0 amide bonds. The molecule has 0 aliphatic heterocycles. The highest BCUT2D eigenvalue weighted by atomic mass is 15.0. The molecule has 0 aliphatic rings. The van der Waals surface area contributed by atoms with Crippen LogP contribution in [0.2, 0.25) is 0 Å². The van der Waals surface area contributed by atoms with E-state index in [1.54, 1.807) is 0 Å². The smallest absolute Gasteiger partial charge is 0.164 e. The van der Waals surface area contributed by atoms with Crippen molar-refractivity contribution in [1.82, 2.24) is 24.3 Å². The molecule has 240 valence electrons. The molecule has 0 atom stereocenters. The molecule has 51 heavy (non-hydrogen) atoms. The molecule has 3 aromatic heterocycles. The van der Waals surface area contributed by atoms with E-state index in [1.165, 1.54) is 5.56 Å². The Morgan fingerprint density at radius 2 is 0.725 bits per heavy atom. The number of pyridine rings is 1. The summed E-state index contributed by atoms with van der Waals surface area (Å²) < 4.78 is 2.16. The molecule has 0 spiro atoms. The third kappa shape index (κ3) is 5.98. The summed E-state index contributed by atoms with van der Waals surface area (Å²) in [4.78, 5) is 20.0. The summed E-state index contributed by atoms with van der Waals surface area (Å²) in [5, 5.41) is 0. The molecule has 0 unspecified atom stereocenters. The maximum atomic E-state index is 5.04. The Morgan fingerprint density at radius 1 is 0.294 bits per heavy atom. The number of aromatic nitrogens is 5. The van der Waals surface area contributed by atoms with Gasteiger partial charge in [0.2, 0.25) is 0 Å². The Kier molecular flexibility index (Phi) is 7.76. The van der Waals surface area contributed by atoms with Gasteiger partial charge < -0.3 is 0 Å². The van der Waals surface area contributed by atoms with Crippen molar-refractivity contribution in [3.8, 4) is 78.9 Å². The molecule has 9 rings (SSSR count). The second-order valence-electron chi connectivity index (χ2n) is 12.4. The van der Waals surface area contributed by atoms with Gasteiger partial charge in [0.25, 0.3) is 0 Å². The van der Waals surface area contributed by atoms with Crippen molar-refractivity contribution in [3.63, 3.8) is 0 Å². The number of nitrogens with zero attached hydrogens (tertiary/aromatic N) is 5. The molecule has 0 bridgehead atoms. The quantitative estimate of drug-likeness (QED) is 0.172. The van der Waals surface area contributed by atoms with Gasteiger partial charge in [-0.1, -0.05) is 164 Å². The molecule has 9 aromatic rings. The van der Waals surface area contributed by atoms with Crippen LogP contribution in [0.15, 0.2) is 188 Å². The first kappa shape index (κ1) is 30.1. The first-order chi connectivity index (χ1) is 25.3. The van der Waals surface area contributed by atoms with Gasteiger partial charge in [-0.05, 0) is 40.5 Å². The maximum Gasteiger partial charge on any atom is 0.164 e. The van der Waals surface area contributed by atoms with E-state index in [0.717, 1.165) is 61.5 Å². The topological polar surface area (TPSA) is 56.0 Å². The lowest BCUT2D eigenvalue weighted by Crippen LogP contribution is -2.00. The van der Waals surface area contributed by atoms with Gasteiger partial charge in [-0.25, -0.2) is 19.9 Å². The van der Waals surface area contributed by atoms with E-state index in [0.29, 0.717) is 17.5 Å². The van der Waals surface area contributed by atoms with Crippen LogP contribution in [0.1, 0.15) is 0 Å². The monoisotopic (exact) mass is 653 g/mol. The summed E-state index contributed by atoms with van der Waals surface area (Å²) >= 11 is 0. The second-order valence-corrected chi connectivity index (χ2v) is 12.4. The summed E-state index contributed by atoms with van der Waals surface area (Å²) in [6.45, 7) is 0. The third-order valence-corrected chi connectivity index (χ3v) is 9.11. The number of fused-ring (bicyclic) bond motifs is 1. The van der Waals surface area contributed by atoms with Crippen molar-refractivity contribution in [3.05, 3.63) is 188 Å². The van der Waals surface area contributed by atoms with Gasteiger partial charge in [0.15, 0.2) is 17.5 Å². The normalized spacial score (nSPS) is 11.1. The van der Waals surface area contributed by atoms with Crippen LogP contribution in [0, 0.1) is 0 Å². The third-order valence-electron chi connectivity index (χ3n) is 9.11. The van der Waals surface area contributed by atoms with Crippen LogP contribution in [-0.2, 0) is 0 Å². The van der Waals surface area contributed by atoms with Crippen LogP contribution < -0.4 is 0 Å². The van der Waals surface area contributed by atoms with Gasteiger partial charge >= 0.3 is 0 Å². The molecule has 5 heteroatoms. The molecule has 0 saturated carbocycles. The molecule has 5 nitrogen and oxygen atoms in total. The minimum atomic E-state index is 0.627. The van der Waals surface area contributed by atoms with Gasteiger partial charge in [0, 0.05) is 34.0 Å². The minimum Gasteiger partial charge on any atom is -0.299 e. The fourth-order valence-corrected chi connectivity index (χ4v) is 6.52. The van der Waals surface area contributed by atoms with E-state index < -0.39 is 0 Å². The summed E-state index contributed by atoms with van der Waals surface area (Å²) in [6, 6.07) is 62.5. The van der Waals surface area contributed by atoms with Crippen molar-refractivity contribution >= 4 is 5.65 Å². The number of hydrogen-bond donors (Lipinski definition) is 0. The largest absolute Gasteiger partial charge is 0.299 e. The molecule has 3 heterocycles. The second kappa shape index (κ2) is 13.1.